The van der Waals surface area contributed by atoms with Gasteiger partial charge in [0.1, 0.15) is 29.5 Å². The molecule has 33 heavy (non-hydrogen) atoms. The van der Waals surface area contributed by atoms with Crippen LogP contribution in [0.15, 0.2) is 59.3 Å². The molecule has 1 atom stereocenters. The van der Waals surface area contributed by atoms with Gasteiger partial charge in [-0.3, -0.25) is 4.98 Å². The Morgan fingerprint density at radius 2 is 1.85 bits per heavy atom. The molecule has 0 aliphatic carbocycles. The number of hydrogen-bond acceptors (Lipinski definition) is 5. The molecule has 0 spiro atoms. The van der Waals surface area contributed by atoms with Crippen LogP contribution in [0, 0.1) is 24.4 Å². The summed E-state index contributed by atoms with van der Waals surface area (Å²) in [7, 11) is 0. The molecule has 2 aromatic heterocycles. The molecule has 172 valence electrons. The van der Waals surface area contributed by atoms with Crippen LogP contribution < -0.4 is 15.2 Å². The lowest BCUT2D eigenvalue weighted by atomic mass is 10.1. The Bertz CT molecular complexity index is 1220. The Labute approximate surface area is 188 Å². The van der Waals surface area contributed by atoms with Crippen molar-refractivity contribution in [1.82, 2.24) is 4.98 Å². The minimum absolute atomic E-state index is 0.121. The van der Waals surface area contributed by atoms with Crippen molar-refractivity contribution in [1.29, 1.82) is 0 Å². The molecule has 2 heterocycles. The topological polar surface area (TPSA) is 70.5 Å². The zero-order valence-corrected chi connectivity index (χ0v) is 18.0. The van der Waals surface area contributed by atoms with Gasteiger partial charge in [-0.1, -0.05) is 12.1 Å². The van der Waals surface area contributed by atoms with Crippen LogP contribution in [0.5, 0.6) is 11.5 Å². The molecule has 0 radical (unpaired) electrons. The molecule has 4 aromatic rings. The van der Waals surface area contributed by atoms with E-state index in [4.69, 9.17) is 19.6 Å². The number of hydrogen-bond donors (Lipinski definition) is 1. The van der Waals surface area contributed by atoms with Gasteiger partial charge in [0, 0.05) is 36.1 Å². The fourth-order valence-corrected chi connectivity index (χ4v) is 3.62. The number of furan rings is 1. The number of aryl methyl sites for hydroxylation is 1. The summed E-state index contributed by atoms with van der Waals surface area (Å²) in [6, 6.07) is 10.2. The van der Waals surface area contributed by atoms with Crippen LogP contribution in [-0.2, 0) is 6.61 Å². The number of nitrogens with zero attached hydrogens (tertiary/aromatic N) is 1. The molecule has 4 rings (SSSR count). The van der Waals surface area contributed by atoms with Gasteiger partial charge >= 0.3 is 0 Å². The predicted molar refractivity (Wildman–Crippen MR) is 117 cm³/mol. The highest BCUT2D eigenvalue weighted by atomic mass is 19.1. The summed E-state index contributed by atoms with van der Waals surface area (Å²) in [5.74, 6) is -2.88. The van der Waals surface area contributed by atoms with E-state index in [0.29, 0.717) is 35.8 Å². The van der Waals surface area contributed by atoms with Crippen molar-refractivity contribution in [2.45, 2.75) is 32.4 Å². The van der Waals surface area contributed by atoms with Crippen LogP contribution in [0.4, 0.5) is 13.2 Å². The lowest BCUT2D eigenvalue weighted by Crippen LogP contribution is -2.12. The summed E-state index contributed by atoms with van der Waals surface area (Å²) in [4.78, 5) is 4.09. The largest absolute Gasteiger partial charge is 0.493 e. The molecule has 0 fully saturated rings. The van der Waals surface area contributed by atoms with Crippen molar-refractivity contribution < 1.29 is 27.1 Å². The third-order valence-corrected chi connectivity index (χ3v) is 5.35. The van der Waals surface area contributed by atoms with E-state index in [0.717, 1.165) is 29.4 Å². The lowest BCUT2D eigenvalue weighted by Gasteiger charge is -2.12. The van der Waals surface area contributed by atoms with Crippen molar-refractivity contribution in [3.63, 3.8) is 0 Å². The van der Waals surface area contributed by atoms with E-state index >= 15 is 0 Å². The number of rotatable bonds is 9. The van der Waals surface area contributed by atoms with Gasteiger partial charge in [-0.25, -0.2) is 13.2 Å². The van der Waals surface area contributed by atoms with E-state index in [1.54, 1.807) is 24.5 Å². The minimum Gasteiger partial charge on any atom is -0.493 e. The second-order valence-electron chi connectivity index (χ2n) is 7.65. The van der Waals surface area contributed by atoms with Gasteiger partial charge in [-0.2, -0.15) is 0 Å². The number of aromatic nitrogens is 1. The fourth-order valence-electron chi connectivity index (χ4n) is 3.62. The molecule has 1 unspecified atom stereocenters. The highest BCUT2D eigenvalue weighted by Crippen LogP contribution is 2.34. The lowest BCUT2D eigenvalue weighted by molar-refractivity contribution is 0.247. The number of pyridine rings is 1. The number of halogens is 3. The van der Waals surface area contributed by atoms with Crippen LogP contribution in [0.1, 0.15) is 35.8 Å². The van der Waals surface area contributed by atoms with Gasteiger partial charge in [0.25, 0.3) is 0 Å². The average molecular weight is 456 g/mol. The third kappa shape index (κ3) is 5.12. The molecule has 0 aliphatic heterocycles. The van der Waals surface area contributed by atoms with Gasteiger partial charge in [-0.05, 0) is 43.5 Å². The highest BCUT2D eigenvalue weighted by molar-refractivity contribution is 5.88. The van der Waals surface area contributed by atoms with E-state index in [9.17, 15) is 13.2 Å². The quantitative estimate of drug-likeness (QED) is 0.313. The summed E-state index contributed by atoms with van der Waals surface area (Å²) in [6.45, 7) is 2.04. The smallest absolute Gasteiger partial charge is 0.191 e. The number of fused-ring (bicyclic) bond motifs is 1. The van der Waals surface area contributed by atoms with Crippen LogP contribution in [-0.4, -0.2) is 11.6 Å². The molecule has 8 heteroatoms. The molecule has 0 aliphatic rings. The van der Waals surface area contributed by atoms with Crippen molar-refractivity contribution in [3.8, 4) is 11.5 Å². The molecule has 2 N–H and O–H groups in total. The van der Waals surface area contributed by atoms with Crippen LogP contribution >= 0.6 is 0 Å². The molecule has 0 bridgehead atoms. The summed E-state index contributed by atoms with van der Waals surface area (Å²) >= 11 is 0. The first-order valence-corrected chi connectivity index (χ1v) is 10.5. The molecule has 0 saturated heterocycles. The fraction of sp³-hybridized carbons (Fsp3) is 0.240. The normalized spacial score (nSPS) is 12.2. The van der Waals surface area contributed by atoms with E-state index in [-0.39, 0.29) is 12.6 Å². The van der Waals surface area contributed by atoms with Crippen molar-refractivity contribution >= 4 is 11.0 Å². The maximum Gasteiger partial charge on any atom is 0.191 e. The van der Waals surface area contributed by atoms with Gasteiger partial charge in [0.15, 0.2) is 17.4 Å². The summed E-state index contributed by atoms with van der Waals surface area (Å²) < 4.78 is 57.9. The molecule has 2 aromatic carbocycles. The Hall–Kier alpha value is -3.52. The average Bonchev–Trinajstić information content (AvgIpc) is 3.12. The number of ether oxygens (including phenoxy) is 2. The second kappa shape index (κ2) is 9.95. The molecule has 0 saturated carbocycles. The standard InChI is InChI=1S/C25H23F3N2O3/c1-15-23(14-32-25-18(27)11-17(26)12-19(25)28)33-22-8-2-7-21(24(15)22)31-10-4-6-20(29)16-5-3-9-30-13-16/h2-3,5,7-9,11-13,20H,4,6,10,14,29H2,1H3. The van der Waals surface area contributed by atoms with Crippen LogP contribution in [0.3, 0.4) is 0 Å². The van der Waals surface area contributed by atoms with E-state index < -0.39 is 23.2 Å². The first-order valence-electron chi connectivity index (χ1n) is 10.5. The van der Waals surface area contributed by atoms with Gasteiger partial charge in [0.05, 0.1) is 12.0 Å². The predicted octanol–water partition coefficient (Wildman–Crippen LogP) is 5.99. The van der Waals surface area contributed by atoms with Crippen LogP contribution in [0.25, 0.3) is 11.0 Å². The van der Waals surface area contributed by atoms with E-state index in [2.05, 4.69) is 4.98 Å². The number of nitrogens with two attached hydrogens (primary N) is 1. The molecular formula is C25H23F3N2O3. The minimum atomic E-state index is -1.12. The first kappa shape index (κ1) is 22.7. The maximum absolute atomic E-state index is 13.9. The maximum atomic E-state index is 13.9. The van der Waals surface area contributed by atoms with E-state index in [1.807, 2.05) is 25.1 Å². The summed E-state index contributed by atoms with van der Waals surface area (Å²) in [5, 5.41) is 0.757. The Balaban J connectivity index is 1.42. The highest BCUT2D eigenvalue weighted by Gasteiger charge is 2.18. The second-order valence-corrected chi connectivity index (χ2v) is 7.65. The first-order chi connectivity index (χ1) is 15.9. The molecule has 0 amide bonds. The SMILES string of the molecule is Cc1c(COc2c(F)cc(F)cc2F)oc2cccc(OCCCC(N)c3cccnc3)c12. The molecule has 5 nitrogen and oxygen atoms in total. The monoisotopic (exact) mass is 456 g/mol. The summed E-state index contributed by atoms with van der Waals surface area (Å²) in [6.07, 6.45) is 4.94. The van der Waals surface area contributed by atoms with E-state index in [1.165, 1.54) is 0 Å². The van der Waals surface area contributed by atoms with Crippen molar-refractivity contribution in [2.24, 2.45) is 5.73 Å². The van der Waals surface area contributed by atoms with Gasteiger partial charge < -0.3 is 19.6 Å². The molecular weight excluding hydrogens is 433 g/mol. The van der Waals surface area contributed by atoms with Crippen molar-refractivity contribution in [3.05, 3.63) is 89.2 Å². The van der Waals surface area contributed by atoms with Gasteiger partial charge in [0.2, 0.25) is 0 Å². The third-order valence-electron chi connectivity index (χ3n) is 5.35. The Morgan fingerprint density at radius 1 is 1.06 bits per heavy atom. The Morgan fingerprint density at radius 3 is 2.58 bits per heavy atom. The zero-order chi connectivity index (χ0) is 23.4. The van der Waals surface area contributed by atoms with Crippen LogP contribution in [0.2, 0.25) is 0 Å². The van der Waals surface area contributed by atoms with Gasteiger partial charge in [-0.15, -0.1) is 0 Å². The Kier molecular flexibility index (Phi) is 6.84. The van der Waals surface area contributed by atoms with Crippen molar-refractivity contribution in [2.75, 3.05) is 6.61 Å². The summed E-state index contributed by atoms with van der Waals surface area (Å²) in [5.41, 5.74) is 8.48. The number of benzene rings is 2. The zero-order valence-electron chi connectivity index (χ0n) is 18.0.